The van der Waals surface area contributed by atoms with E-state index in [0.717, 1.165) is 18.0 Å². The van der Waals surface area contributed by atoms with E-state index in [1.807, 2.05) is 50.1 Å². The summed E-state index contributed by atoms with van der Waals surface area (Å²) in [7, 11) is 3.55. The predicted molar refractivity (Wildman–Crippen MR) is 85.7 cm³/mol. The minimum absolute atomic E-state index is 0.130. The molecule has 2 rings (SSSR count). The zero-order valence-electron chi connectivity index (χ0n) is 13.5. The molecule has 21 heavy (non-hydrogen) atoms. The van der Waals surface area contributed by atoms with Gasteiger partial charge in [-0.15, -0.1) is 0 Å². The van der Waals surface area contributed by atoms with E-state index in [2.05, 4.69) is 5.32 Å². The molecule has 0 saturated heterocycles. The number of amides is 1. The Balaban J connectivity index is 1.96. The molecule has 4 heteroatoms. The maximum Gasteiger partial charge on any atom is 0.247 e. The van der Waals surface area contributed by atoms with E-state index in [9.17, 15) is 4.79 Å². The van der Waals surface area contributed by atoms with E-state index < -0.39 is 5.54 Å². The van der Waals surface area contributed by atoms with E-state index in [0.29, 0.717) is 5.92 Å². The van der Waals surface area contributed by atoms with Crippen LogP contribution in [-0.4, -0.2) is 37.0 Å². The standard InChI is InChI=1S/C17H26N2O2/c1-17(2,16(20)19(3)12-13-6-5-7-13)18-14-8-10-15(21-4)11-9-14/h8-11,13,18H,5-7,12H2,1-4H3. The van der Waals surface area contributed by atoms with Gasteiger partial charge in [-0.3, -0.25) is 4.79 Å². The van der Waals surface area contributed by atoms with E-state index in [1.54, 1.807) is 7.11 Å². The normalized spacial score (nSPS) is 15.2. The fraction of sp³-hybridized carbons (Fsp3) is 0.588. The first kappa shape index (κ1) is 15.7. The molecule has 1 fully saturated rings. The third-order valence-electron chi connectivity index (χ3n) is 4.19. The number of rotatable bonds is 6. The summed E-state index contributed by atoms with van der Waals surface area (Å²) < 4.78 is 5.14. The third kappa shape index (κ3) is 3.90. The van der Waals surface area contributed by atoms with Crippen molar-refractivity contribution in [2.45, 2.75) is 38.6 Å². The van der Waals surface area contributed by atoms with Gasteiger partial charge in [0.25, 0.3) is 0 Å². The Morgan fingerprint density at radius 3 is 2.43 bits per heavy atom. The number of nitrogens with zero attached hydrogens (tertiary/aromatic N) is 1. The molecule has 0 unspecified atom stereocenters. The molecule has 0 atom stereocenters. The predicted octanol–water partition coefficient (Wildman–Crippen LogP) is 3.14. The quantitative estimate of drug-likeness (QED) is 0.875. The lowest BCUT2D eigenvalue weighted by Gasteiger charge is -2.35. The van der Waals surface area contributed by atoms with Crippen LogP contribution in [0.25, 0.3) is 0 Å². The van der Waals surface area contributed by atoms with E-state index >= 15 is 0 Å². The Kier molecular flexibility index (Phi) is 4.76. The summed E-state index contributed by atoms with van der Waals surface area (Å²) in [6, 6.07) is 7.64. The second-order valence-corrected chi connectivity index (χ2v) is 6.46. The summed E-state index contributed by atoms with van der Waals surface area (Å²) in [6.45, 7) is 4.72. The fourth-order valence-corrected chi connectivity index (χ4v) is 2.71. The largest absolute Gasteiger partial charge is 0.497 e. The molecule has 1 aliphatic carbocycles. The molecule has 1 amide bonds. The number of carbonyl (C=O) groups is 1. The lowest BCUT2D eigenvalue weighted by atomic mass is 9.85. The van der Waals surface area contributed by atoms with Gasteiger partial charge in [-0.25, -0.2) is 0 Å². The number of methoxy groups -OCH3 is 1. The average Bonchev–Trinajstić information content (AvgIpc) is 2.42. The van der Waals surface area contributed by atoms with Crippen LogP contribution in [0.3, 0.4) is 0 Å². The molecule has 0 spiro atoms. The second kappa shape index (κ2) is 6.37. The Bertz CT molecular complexity index is 478. The number of ether oxygens (including phenoxy) is 1. The van der Waals surface area contributed by atoms with Gasteiger partial charge in [0, 0.05) is 19.3 Å². The van der Waals surface area contributed by atoms with Gasteiger partial charge in [0.05, 0.1) is 7.11 Å². The molecule has 0 aliphatic heterocycles. The van der Waals surface area contributed by atoms with Crippen molar-refractivity contribution < 1.29 is 9.53 Å². The smallest absolute Gasteiger partial charge is 0.247 e. The zero-order valence-corrected chi connectivity index (χ0v) is 13.5. The average molecular weight is 290 g/mol. The Labute approximate surface area is 127 Å². The summed E-state index contributed by atoms with van der Waals surface area (Å²) in [5, 5.41) is 3.31. The highest BCUT2D eigenvalue weighted by Crippen LogP contribution is 2.28. The van der Waals surface area contributed by atoms with Crippen LogP contribution in [0, 0.1) is 5.92 Å². The van der Waals surface area contributed by atoms with Crippen LogP contribution >= 0.6 is 0 Å². The van der Waals surface area contributed by atoms with Gasteiger partial charge in [0.1, 0.15) is 11.3 Å². The van der Waals surface area contributed by atoms with E-state index in [-0.39, 0.29) is 5.91 Å². The highest BCUT2D eigenvalue weighted by Gasteiger charge is 2.32. The summed E-state index contributed by atoms with van der Waals surface area (Å²) >= 11 is 0. The molecule has 1 aliphatic rings. The molecule has 0 aromatic heterocycles. The van der Waals surface area contributed by atoms with Crippen LogP contribution in [0.4, 0.5) is 5.69 Å². The number of benzene rings is 1. The lowest BCUT2D eigenvalue weighted by molar-refractivity contribution is -0.134. The van der Waals surface area contributed by atoms with Crippen LogP contribution in [0.2, 0.25) is 0 Å². The van der Waals surface area contributed by atoms with Crippen LogP contribution in [-0.2, 0) is 4.79 Å². The molecule has 1 saturated carbocycles. The molecule has 0 radical (unpaired) electrons. The van der Waals surface area contributed by atoms with Crippen molar-refractivity contribution in [2.75, 3.05) is 26.0 Å². The van der Waals surface area contributed by atoms with Crippen LogP contribution in [0.1, 0.15) is 33.1 Å². The molecular formula is C17H26N2O2. The highest BCUT2D eigenvalue weighted by atomic mass is 16.5. The molecule has 1 N–H and O–H groups in total. The van der Waals surface area contributed by atoms with Crippen LogP contribution in [0.5, 0.6) is 5.75 Å². The van der Waals surface area contributed by atoms with Crippen molar-refractivity contribution in [1.29, 1.82) is 0 Å². The minimum Gasteiger partial charge on any atom is -0.497 e. The van der Waals surface area contributed by atoms with Gasteiger partial charge >= 0.3 is 0 Å². The van der Waals surface area contributed by atoms with E-state index in [4.69, 9.17) is 4.74 Å². The third-order valence-corrected chi connectivity index (χ3v) is 4.19. The summed E-state index contributed by atoms with van der Waals surface area (Å²) in [6.07, 6.45) is 3.81. The monoisotopic (exact) mass is 290 g/mol. The van der Waals surface area contributed by atoms with Gasteiger partial charge in [-0.1, -0.05) is 6.42 Å². The molecule has 116 valence electrons. The topological polar surface area (TPSA) is 41.6 Å². The van der Waals surface area contributed by atoms with Gasteiger partial charge in [0.2, 0.25) is 5.91 Å². The number of hydrogen-bond donors (Lipinski definition) is 1. The van der Waals surface area contributed by atoms with Crippen molar-refractivity contribution >= 4 is 11.6 Å². The Morgan fingerprint density at radius 2 is 1.95 bits per heavy atom. The summed E-state index contributed by atoms with van der Waals surface area (Å²) in [5.74, 6) is 1.63. The molecule has 0 heterocycles. The molecule has 1 aromatic rings. The van der Waals surface area contributed by atoms with Gasteiger partial charge in [0.15, 0.2) is 0 Å². The van der Waals surface area contributed by atoms with Gasteiger partial charge in [-0.05, 0) is 56.9 Å². The summed E-state index contributed by atoms with van der Waals surface area (Å²) in [5.41, 5.74) is 0.304. The first-order valence-electron chi connectivity index (χ1n) is 7.60. The lowest BCUT2D eigenvalue weighted by Crippen LogP contribution is -2.50. The highest BCUT2D eigenvalue weighted by molar-refractivity contribution is 5.88. The molecular weight excluding hydrogens is 264 g/mol. The number of anilines is 1. The van der Waals surface area contributed by atoms with E-state index in [1.165, 1.54) is 19.3 Å². The zero-order chi connectivity index (χ0) is 15.5. The fourth-order valence-electron chi connectivity index (χ4n) is 2.71. The number of likely N-dealkylation sites (N-methyl/N-ethyl adjacent to an activating group) is 1. The molecule has 0 bridgehead atoms. The van der Waals surface area contributed by atoms with Crippen molar-refractivity contribution in [3.63, 3.8) is 0 Å². The maximum absolute atomic E-state index is 12.6. The van der Waals surface area contributed by atoms with Crippen molar-refractivity contribution in [1.82, 2.24) is 4.90 Å². The van der Waals surface area contributed by atoms with Crippen LogP contribution < -0.4 is 10.1 Å². The van der Waals surface area contributed by atoms with Crippen molar-refractivity contribution in [2.24, 2.45) is 5.92 Å². The van der Waals surface area contributed by atoms with Crippen molar-refractivity contribution in [3.05, 3.63) is 24.3 Å². The van der Waals surface area contributed by atoms with Gasteiger partial charge < -0.3 is 15.0 Å². The molecule has 1 aromatic carbocycles. The molecule has 4 nitrogen and oxygen atoms in total. The first-order chi connectivity index (χ1) is 9.92. The first-order valence-corrected chi connectivity index (χ1v) is 7.60. The number of carbonyl (C=O) groups excluding carboxylic acids is 1. The number of hydrogen-bond acceptors (Lipinski definition) is 3. The van der Waals surface area contributed by atoms with Gasteiger partial charge in [-0.2, -0.15) is 0 Å². The minimum atomic E-state index is -0.618. The summed E-state index contributed by atoms with van der Waals surface area (Å²) in [4.78, 5) is 14.5. The SMILES string of the molecule is COc1ccc(NC(C)(C)C(=O)N(C)CC2CCC2)cc1. The Morgan fingerprint density at radius 1 is 1.33 bits per heavy atom. The second-order valence-electron chi connectivity index (χ2n) is 6.46. The van der Waals surface area contributed by atoms with Crippen molar-refractivity contribution in [3.8, 4) is 5.75 Å². The number of nitrogens with one attached hydrogen (secondary N) is 1. The van der Waals surface area contributed by atoms with Crippen LogP contribution in [0.15, 0.2) is 24.3 Å². The Hall–Kier alpha value is -1.71. The maximum atomic E-state index is 12.6.